The van der Waals surface area contributed by atoms with Crippen LogP contribution in [0.1, 0.15) is 30.0 Å². The predicted molar refractivity (Wildman–Crippen MR) is 113 cm³/mol. The van der Waals surface area contributed by atoms with Crippen molar-refractivity contribution in [2.24, 2.45) is 0 Å². The minimum Gasteiger partial charge on any atom is -0.481 e. The van der Waals surface area contributed by atoms with Gasteiger partial charge in [-0.25, -0.2) is 5.43 Å². The zero-order valence-corrected chi connectivity index (χ0v) is 17.5. The Morgan fingerprint density at radius 2 is 1.87 bits per heavy atom. The van der Waals surface area contributed by atoms with Crippen LogP contribution in [0.5, 0.6) is 0 Å². The minimum absolute atomic E-state index is 0.0904. The van der Waals surface area contributed by atoms with Gasteiger partial charge < -0.3 is 15.9 Å². The van der Waals surface area contributed by atoms with Crippen molar-refractivity contribution in [3.8, 4) is 0 Å². The van der Waals surface area contributed by atoms with Gasteiger partial charge in [0.1, 0.15) is 0 Å². The molecule has 9 heteroatoms. The molecular weight excluding hydrogens is 415 g/mol. The number of hydrazine groups is 1. The number of hydrogen-bond donors (Lipinski definition) is 4. The van der Waals surface area contributed by atoms with Crippen LogP contribution in [0.25, 0.3) is 0 Å². The van der Waals surface area contributed by atoms with Crippen LogP contribution in [-0.2, 0) is 17.4 Å². The van der Waals surface area contributed by atoms with Crippen LogP contribution in [0, 0.1) is 12.3 Å². The lowest BCUT2D eigenvalue weighted by molar-refractivity contribution is -0.138. The van der Waals surface area contributed by atoms with Crippen molar-refractivity contribution in [3.63, 3.8) is 0 Å². The van der Waals surface area contributed by atoms with Gasteiger partial charge in [-0.3, -0.25) is 4.79 Å². The molecule has 4 N–H and O–H groups in total. The van der Waals surface area contributed by atoms with Gasteiger partial charge in [-0.05, 0) is 67.8 Å². The van der Waals surface area contributed by atoms with E-state index in [0.29, 0.717) is 23.6 Å². The molecule has 0 spiro atoms. The molecule has 162 valence electrons. The Bertz CT molecular complexity index is 886. The highest BCUT2D eigenvalue weighted by atomic mass is 32.2. The van der Waals surface area contributed by atoms with Crippen molar-refractivity contribution in [3.05, 3.63) is 59.2 Å². The first-order chi connectivity index (χ1) is 14.1. The second-order valence-corrected chi connectivity index (χ2v) is 7.91. The Morgan fingerprint density at radius 1 is 1.20 bits per heavy atom. The SMILES string of the molecule is Cc1cc(SCC(=N)C(C)NNc2ccc(C(F)(F)F)cc2)ccc1CCC(=O)O. The number of alkyl halides is 3. The first-order valence-electron chi connectivity index (χ1n) is 9.26. The van der Waals surface area contributed by atoms with Crippen molar-refractivity contribution >= 4 is 29.1 Å². The van der Waals surface area contributed by atoms with Gasteiger partial charge in [0.25, 0.3) is 0 Å². The molecule has 0 saturated carbocycles. The van der Waals surface area contributed by atoms with Gasteiger partial charge >= 0.3 is 12.1 Å². The number of thioether (sulfide) groups is 1. The third-order valence-electron chi connectivity index (χ3n) is 4.48. The minimum atomic E-state index is -4.37. The highest BCUT2D eigenvalue weighted by Crippen LogP contribution is 2.29. The zero-order chi connectivity index (χ0) is 22.3. The molecule has 0 heterocycles. The molecular formula is C21H24F3N3O2S. The summed E-state index contributed by atoms with van der Waals surface area (Å²) < 4.78 is 37.8. The summed E-state index contributed by atoms with van der Waals surface area (Å²) in [5.74, 6) is -0.385. The number of carbonyl (C=O) groups is 1. The maximum Gasteiger partial charge on any atom is 0.416 e. The average Bonchev–Trinajstić information content (AvgIpc) is 2.69. The Kier molecular flexibility index (Phi) is 8.31. The summed E-state index contributed by atoms with van der Waals surface area (Å²) in [5, 5.41) is 17.0. The molecule has 1 unspecified atom stereocenters. The van der Waals surface area contributed by atoms with E-state index < -0.39 is 17.7 Å². The fourth-order valence-electron chi connectivity index (χ4n) is 2.59. The van der Waals surface area contributed by atoms with Crippen LogP contribution in [-0.4, -0.2) is 28.6 Å². The molecule has 1 atom stereocenters. The highest BCUT2D eigenvalue weighted by molar-refractivity contribution is 8.00. The third kappa shape index (κ3) is 7.38. The molecule has 0 aliphatic rings. The largest absolute Gasteiger partial charge is 0.481 e. The first-order valence-corrected chi connectivity index (χ1v) is 10.2. The summed E-state index contributed by atoms with van der Waals surface area (Å²) >= 11 is 1.50. The predicted octanol–water partition coefficient (Wildman–Crippen LogP) is 5.15. The van der Waals surface area contributed by atoms with E-state index in [1.807, 2.05) is 25.1 Å². The number of benzene rings is 2. The lowest BCUT2D eigenvalue weighted by Crippen LogP contribution is -2.38. The number of halogens is 3. The number of aryl methyl sites for hydroxylation is 2. The van der Waals surface area contributed by atoms with E-state index in [9.17, 15) is 18.0 Å². The van der Waals surface area contributed by atoms with Crippen LogP contribution < -0.4 is 10.9 Å². The molecule has 2 rings (SSSR count). The highest BCUT2D eigenvalue weighted by Gasteiger charge is 2.29. The Hall–Kier alpha value is -2.52. The lowest BCUT2D eigenvalue weighted by Gasteiger charge is -2.17. The smallest absolute Gasteiger partial charge is 0.416 e. The van der Waals surface area contributed by atoms with Crippen LogP contribution in [0.3, 0.4) is 0 Å². The maximum atomic E-state index is 12.6. The van der Waals surface area contributed by atoms with E-state index in [0.717, 1.165) is 28.2 Å². The molecule has 0 aliphatic heterocycles. The van der Waals surface area contributed by atoms with E-state index in [-0.39, 0.29) is 12.5 Å². The normalized spacial score (nSPS) is 12.4. The van der Waals surface area contributed by atoms with Gasteiger partial charge in [0.15, 0.2) is 0 Å². The van der Waals surface area contributed by atoms with E-state index >= 15 is 0 Å². The molecule has 0 bridgehead atoms. The van der Waals surface area contributed by atoms with Crippen molar-refractivity contribution in [1.82, 2.24) is 5.43 Å². The van der Waals surface area contributed by atoms with E-state index in [2.05, 4.69) is 10.9 Å². The number of nitrogens with one attached hydrogen (secondary N) is 3. The molecule has 5 nitrogen and oxygen atoms in total. The molecule has 30 heavy (non-hydrogen) atoms. The summed E-state index contributed by atoms with van der Waals surface area (Å²) in [6.07, 6.45) is -3.79. The summed E-state index contributed by atoms with van der Waals surface area (Å²) in [4.78, 5) is 11.7. The fraction of sp³-hybridized carbons (Fsp3) is 0.333. The average molecular weight is 440 g/mol. The Morgan fingerprint density at radius 3 is 2.43 bits per heavy atom. The van der Waals surface area contributed by atoms with Crippen molar-refractivity contribution in [1.29, 1.82) is 5.41 Å². The third-order valence-corrected chi connectivity index (χ3v) is 5.53. The van der Waals surface area contributed by atoms with Gasteiger partial charge in [0, 0.05) is 28.5 Å². The van der Waals surface area contributed by atoms with E-state index in [4.69, 9.17) is 10.5 Å². The number of rotatable bonds is 10. The van der Waals surface area contributed by atoms with Gasteiger partial charge in [-0.2, -0.15) is 13.2 Å². The molecule has 2 aromatic carbocycles. The Labute approximate surface area is 177 Å². The maximum absolute atomic E-state index is 12.6. The number of hydrogen-bond acceptors (Lipinski definition) is 5. The van der Waals surface area contributed by atoms with Gasteiger partial charge in [-0.15, -0.1) is 11.8 Å². The molecule has 0 aromatic heterocycles. The molecule has 0 amide bonds. The second kappa shape index (κ2) is 10.5. The number of aliphatic carboxylic acids is 1. The van der Waals surface area contributed by atoms with Crippen molar-refractivity contribution in [2.45, 2.75) is 43.8 Å². The first kappa shape index (κ1) is 23.8. The van der Waals surface area contributed by atoms with Gasteiger partial charge in [-0.1, -0.05) is 6.07 Å². The molecule has 0 fully saturated rings. The number of carboxylic acid groups (broad SMARTS) is 1. The van der Waals surface area contributed by atoms with Gasteiger partial charge in [0.2, 0.25) is 0 Å². The molecule has 0 aliphatic carbocycles. The summed E-state index contributed by atoms with van der Waals surface area (Å²) in [5.41, 5.74) is 7.94. The number of carboxylic acids is 1. The number of anilines is 1. The zero-order valence-electron chi connectivity index (χ0n) is 16.6. The summed E-state index contributed by atoms with van der Waals surface area (Å²) in [6, 6.07) is 10.1. The van der Waals surface area contributed by atoms with Crippen LogP contribution in [0.4, 0.5) is 18.9 Å². The van der Waals surface area contributed by atoms with E-state index in [1.165, 1.54) is 23.9 Å². The van der Waals surface area contributed by atoms with Crippen LogP contribution >= 0.6 is 11.8 Å². The second-order valence-electron chi connectivity index (χ2n) is 6.86. The Balaban J connectivity index is 1.81. The summed E-state index contributed by atoms with van der Waals surface area (Å²) in [7, 11) is 0. The topological polar surface area (TPSA) is 85.2 Å². The standard InChI is InChI=1S/C21H24F3N3O2S/c1-13-11-18(9-3-15(13)4-10-20(28)29)30-12-19(25)14(2)26-27-17-7-5-16(6-8-17)21(22,23)24/h3,5-9,11,14,25-27H,4,10,12H2,1-2H3,(H,28,29). The monoisotopic (exact) mass is 439 g/mol. The van der Waals surface area contributed by atoms with Crippen LogP contribution in [0.15, 0.2) is 47.4 Å². The quantitative estimate of drug-likeness (QED) is 0.234. The molecule has 0 radical (unpaired) electrons. The van der Waals surface area contributed by atoms with Crippen LogP contribution in [0.2, 0.25) is 0 Å². The van der Waals surface area contributed by atoms with Gasteiger partial charge in [0.05, 0.1) is 11.6 Å². The fourth-order valence-corrected chi connectivity index (χ4v) is 3.58. The summed E-state index contributed by atoms with van der Waals surface area (Å²) in [6.45, 7) is 3.73. The molecule has 0 saturated heterocycles. The lowest BCUT2D eigenvalue weighted by atomic mass is 10.0. The van der Waals surface area contributed by atoms with E-state index in [1.54, 1.807) is 6.92 Å². The van der Waals surface area contributed by atoms with Crippen molar-refractivity contribution < 1.29 is 23.1 Å². The molecule has 2 aromatic rings. The van der Waals surface area contributed by atoms with Crippen molar-refractivity contribution in [2.75, 3.05) is 11.2 Å².